The average Bonchev–Trinajstić information content (AvgIpc) is 1.86. The van der Waals surface area contributed by atoms with Crippen molar-refractivity contribution >= 4 is 40.6 Å². The second kappa shape index (κ2) is 5.62. The molecule has 0 aliphatic heterocycles. The molecule has 3 nitrogen and oxygen atoms in total. The Labute approximate surface area is 96.1 Å². The van der Waals surface area contributed by atoms with Crippen molar-refractivity contribution in [3.63, 3.8) is 0 Å². The molecule has 0 rings (SSSR count). The van der Waals surface area contributed by atoms with Crippen molar-refractivity contribution in [1.29, 1.82) is 0 Å². The molecular formula is C4H7F4NaO3S. The first kappa shape index (κ1) is 16.2. The van der Waals surface area contributed by atoms with Gasteiger partial charge in [-0.3, -0.25) is 0 Å². The summed E-state index contributed by atoms with van der Waals surface area (Å²) >= 11 is -3.94. The van der Waals surface area contributed by atoms with E-state index < -0.39 is 35.3 Å². The molecule has 0 aliphatic carbocycles. The van der Waals surface area contributed by atoms with Gasteiger partial charge < -0.3 is 9.66 Å². The van der Waals surface area contributed by atoms with Gasteiger partial charge in [-0.15, -0.1) is 0 Å². The first-order valence-corrected chi connectivity index (χ1v) is 3.84. The molecule has 0 aromatic carbocycles. The van der Waals surface area contributed by atoms with E-state index in [9.17, 15) is 21.8 Å². The Morgan fingerprint density at radius 3 is 1.85 bits per heavy atom. The summed E-state index contributed by atoms with van der Waals surface area (Å²) in [5.74, 6) is -4.67. The Bertz CT molecular complexity index is 188. The molecule has 0 aromatic rings. The minimum atomic E-state index is -5.02. The molecule has 0 aliphatic rings. The molecule has 0 saturated carbocycles. The van der Waals surface area contributed by atoms with Crippen LogP contribution in [-0.2, 0) is 11.1 Å². The van der Waals surface area contributed by atoms with Crippen LogP contribution in [0.4, 0.5) is 17.6 Å². The van der Waals surface area contributed by atoms with Gasteiger partial charge in [-0.2, -0.15) is 17.6 Å². The summed E-state index contributed by atoms with van der Waals surface area (Å²) in [5.41, 5.74) is 0. The number of halogens is 4. The molecule has 0 aromatic heterocycles. The fraction of sp³-hybridized carbons (Fsp3) is 1.00. The van der Waals surface area contributed by atoms with Gasteiger partial charge in [0, 0.05) is 13.0 Å². The van der Waals surface area contributed by atoms with Gasteiger partial charge in [0.1, 0.15) is 0 Å². The third kappa shape index (κ3) is 3.80. The van der Waals surface area contributed by atoms with Crippen LogP contribution >= 0.6 is 0 Å². The second-order valence-corrected chi connectivity index (χ2v) is 2.96. The molecule has 0 radical (unpaired) electrons. The normalized spacial score (nSPS) is 14.9. The van der Waals surface area contributed by atoms with Gasteiger partial charge >= 0.3 is 40.7 Å². The summed E-state index contributed by atoms with van der Waals surface area (Å²) in [7, 11) is 0. The van der Waals surface area contributed by atoms with Gasteiger partial charge in [-0.05, 0) is 0 Å². The van der Waals surface area contributed by atoms with Gasteiger partial charge in [-0.1, -0.05) is 0 Å². The number of rotatable bonds is 4. The van der Waals surface area contributed by atoms with E-state index in [1.54, 1.807) is 0 Å². The predicted octanol–water partition coefficient (Wildman–Crippen LogP) is 0.170. The number of aliphatic hydroxyl groups is 1. The van der Waals surface area contributed by atoms with E-state index in [0.717, 1.165) is 0 Å². The van der Waals surface area contributed by atoms with Gasteiger partial charge in [0.2, 0.25) is 11.1 Å². The molecule has 2 N–H and O–H groups in total. The summed E-state index contributed by atoms with van der Waals surface area (Å²) in [4.78, 5) is 0. The van der Waals surface area contributed by atoms with Crippen LogP contribution in [0.5, 0.6) is 0 Å². The molecule has 0 heterocycles. The summed E-state index contributed by atoms with van der Waals surface area (Å²) in [6, 6.07) is 0. The average molecular weight is 234 g/mol. The quantitative estimate of drug-likeness (QED) is 0.414. The van der Waals surface area contributed by atoms with Crippen molar-refractivity contribution in [3.8, 4) is 0 Å². The Kier molecular flexibility index (Phi) is 7.01. The number of aliphatic hydroxyl groups excluding tert-OH is 1. The van der Waals surface area contributed by atoms with Crippen LogP contribution in [0.1, 0.15) is 6.42 Å². The molecule has 13 heavy (non-hydrogen) atoms. The molecule has 0 bridgehead atoms. The zero-order chi connectivity index (χ0) is 9.99. The maximum atomic E-state index is 12.2. The molecule has 0 saturated heterocycles. The molecule has 0 amide bonds. The van der Waals surface area contributed by atoms with Gasteiger partial charge in [0.25, 0.3) is 0 Å². The number of hydrogen-bond donors (Lipinski definition) is 2. The van der Waals surface area contributed by atoms with Gasteiger partial charge in [0.15, 0.2) is 0 Å². The van der Waals surface area contributed by atoms with Crippen LogP contribution in [0.25, 0.3) is 0 Å². The zero-order valence-electron chi connectivity index (χ0n) is 5.64. The van der Waals surface area contributed by atoms with Gasteiger partial charge in [-0.25, -0.2) is 4.21 Å². The van der Waals surface area contributed by atoms with Crippen molar-refractivity contribution in [2.75, 3.05) is 6.61 Å². The SMILES string of the molecule is O=S(O)C(F)(F)C(F)(F)CCO.[NaH]. The molecule has 1 unspecified atom stereocenters. The van der Waals surface area contributed by atoms with Crippen LogP contribution in [0.15, 0.2) is 0 Å². The van der Waals surface area contributed by atoms with Crippen LogP contribution in [0, 0.1) is 0 Å². The molecular weight excluding hydrogens is 227 g/mol. The first-order valence-electron chi connectivity index (χ1n) is 2.73. The minimum absolute atomic E-state index is 0. The van der Waals surface area contributed by atoms with Gasteiger partial charge in [0.05, 0.1) is 0 Å². The third-order valence-electron chi connectivity index (χ3n) is 1.07. The molecule has 0 fully saturated rings. The molecule has 1 atom stereocenters. The molecule has 0 spiro atoms. The fourth-order valence-corrected chi connectivity index (χ4v) is 0.771. The monoisotopic (exact) mass is 234 g/mol. The summed E-state index contributed by atoms with van der Waals surface area (Å²) in [5, 5.41) is 2.93. The van der Waals surface area contributed by atoms with Crippen molar-refractivity contribution in [3.05, 3.63) is 0 Å². The molecule has 9 heteroatoms. The first-order chi connectivity index (χ1) is 5.25. The fourth-order valence-electron chi connectivity index (χ4n) is 0.414. The van der Waals surface area contributed by atoms with Crippen molar-refractivity contribution in [2.24, 2.45) is 0 Å². The Hall–Kier alpha value is 0.790. The van der Waals surface area contributed by atoms with Crippen molar-refractivity contribution in [1.82, 2.24) is 0 Å². The van der Waals surface area contributed by atoms with E-state index in [1.165, 1.54) is 0 Å². The Balaban J connectivity index is 0. The van der Waals surface area contributed by atoms with E-state index >= 15 is 0 Å². The predicted molar refractivity (Wildman–Crippen MR) is 39.5 cm³/mol. The topological polar surface area (TPSA) is 57.5 Å². The van der Waals surface area contributed by atoms with Crippen LogP contribution in [-0.4, -0.2) is 61.2 Å². The third-order valence-corrected chi connectivity index (χ3v) is 1.81. The van der Waals surface area contributed by atoms with Crippen molar-refractivity contribution < 1.29 is 31.4 Å². The van der Waals surface area contributed by atoms with E-state index in [1.807, 2.05) is 0 Å². The van der Waals surface area contributed by atoms with Crippen LogP contribution < -0.4 is 0 Å². The van der Waals surface area contributed by atoms with Crippen molar-refractivity contribution in [2.45, 2.75) is 17.6 Å². The maximum absolute atomic E-state index is 12.2. The number of hydrogen-bond acceptors (Lipinski definition) is 2. The standard InChI is InChI=1S/C4H6F4O3S.Na.H/c5-3(6,1-2-9)4(7,8)12(10)11;;/h9H,1-2H2,(H,10,11);;. The Morgan fingerprint density at radius 1 is 1.23 bits per heavy atom. The van der Waals surface area contributed by atoms with E-state index in [4.69, 9.17) is 9.66 Å². The summed E-state index contributed by atoms with van der Waals surface area (Å²) in [6.07, 6.45) is -1.55. The van der Waals surface area contributed by atoms with Crippen LogP contribution in [0.3, 0.4) is 0 Å². The van der Waals surface area contributed by atoms with Crippen LogP contribution in [0.2, 0.25) is 0 Å². The zero-order valence-corrected chi connectivity index (χ0v) is 6.45. The Morgan fingerprint density at radius 2 is 1.62 bits per heavy atom. The van der Waals surface area contributed by atoms with E-state index in [2.05, 4.69) is 0 Å². The van der Waals surface area contributed by atoms with E-state index in [0.29, 0.717) is 0 Å². The second-order valence-electron chi connectivity index (χ2n) is 1.94. The number of alkyl halides is 4. The molecule has 76 valence electrons. The summed E-state index contributed by atoms with van der Waals surface area (Å²) < 4.78 is 66.1. The summed E-state index contributed by atoms with van der Waals surface area (Å²) in [6.45, 7) is -1.18. The van der Waals surface area contributed by atoms with E-state index in [-0.39, 0.29) is 29.6 Å².